The third kappa shape index (κ3) is 2.26. The summed E-state index contributed by atoms with van der Waals surface area (Å²) in [4.78, 5) is 19.3. The Morgan fingerprint density at radius 3 is 3.10 bits per heavy atom. The molecule has 4 nitrogen and oxygen atoms in total. The highest BCUT2D eigenvalue weighted by Gasteiger charge is 2.45. The van der Waals surface area contributed by atoms with Crippen molar-refractivity contribution in [2.75, 3.05) is 13.1 Å². The summed E-state index contributed by atoms with van der Waals surface area (Å²) < 4.78 is 0. The zero-order valence-corrected chi connectivity index (χ0v) is 12.4. The third-order valence-corrected chi connectivity index (χ3v) is 5.62. The van der Waals surface area contributed by atoms with Crippen molar-refractivity contribution in [1.29, 1.82) is 0 Å². The van der Waals surface area contributed by atoms with E-state index in [1.54, 1.807) is 6.20 Å². The number of rotatable bonds is 2. The number of carbonyl (C=O) groups excluding carboxylic acids is 1. The summed E-state index contributed by atoms with van der Waals surface area (Å²) in [5.74, 6) is 1.64. The van der Waals surface area contributed by atoms with Crippen LogP contribution in [0.4, 0.5) is 0 Å². The van der Waals surface area contributed by atoms with Crippen LogP contribution in [0.25, 0.3) is 0 Å². The molecule has 1 amide bonds. The Balaban J connectivity index is 1.53. The molecule has 3 heterocycles. The Morgan fingerprint density at radius 2 is 2.24 bits per heavy atom. The van der Waals surface area contributed by atoms with Gasteiger partial charge >= 0.3 is 0 Å². The zero-order valence-electron chi connectivity index (χ0n) is 12.4. The summed E-state index contributed by atoms with van der Waals surface area (Å²) in [6.07, 6.45) is 9.70. The molecule has 4 atom stereocenters. The highest BCUT2D eigenvalue weighted by molar-refractivity contribution is 5.83. The van der Waals surface area contributed by atoms with Gasteiger partial charge in [-0.25, -0.2) is 0 Å². The number of carbonyl (C=O) groups is 1. The number of aromatic nitrogens is 1. The molecule has 1 N–H and O–H groups in total. The van der Waals surface area contributed by atoms with Gasteiger partial charge in [-0.05, 0) is 55.7 Å². The molecule has 2 aliphatic heterocycles. The number of hydrogen-bond donors (Lipinski definition) is 1. The summed E-state index contributed by atoms with van der Waals surface area (Å²) in [6.45, 7) is 1.93. The van der Waals surface area contributed by atoms with E-state index in [4.69, 9.17) is 0 Å². The van der Waals surface area contributed by atoms with Crippen molar-refractivity contribution in [2.45, 2.75) is 44.2 Å². The Bertz CT molecular complexity index is 518. The smallest absolute Gasteiger partial charge is 0.240 e. The molecule has 4 unspecified atom stereocenters. The van der Waals surface area contributed by atoms with Crippen molar-refractivity contribution >= 4 is 5.91 Å². The molecule has 3 aliphatic rings. The maximum Gasteiger partial charge on any atom is 0.240 e. The predicted octanol–water partition coefficient (Wildman–Crippen LogP) is 2.13. The van der Waals surface area contributed by atoms with E-state index < -0.39 is 0 Å². The van der Waals surface area contributed by atoms with E-state index >= 15 is 0 Å². The number of nitrogens with zero attached hydrogens (tertiary/aromatic N) is 2. The Labute approximate surface area is 125 Å². The van der Waals surface area contributed by atoms with Gasteiger partial charge in [-0.2, -0.15) is 0 Å². The van der Waals surface area contributed by atoms with Gasteiger partial charge < -0.3 is 10.2 Å². The second kappa shape index (κ2) is 5.41. The van der Waals surface area contributed by atoms with Crippen molar-refractivity contribution in [2.24, 2.45) is 11.8 Å². The van der Waals surface area contributed by atoms with Crippen LogP contribution in [0.2, 0.25) is 0 Å². The maximum atomic E-state index is 13.0. The fourth-order valence-electron chi connectivity index (χ4n) is 4.59. The first-order valence-corrected chi connectivity index (χ1v) is 8.28. The fraction of sp³-hybridized carbons (Fsp3) is 0.647. The molecule has 4 heteroatoms. The molecule has 0 radical (unpaired) electrons. The molecule has 112 valence electrons. The van der Waals surface area contributed by atoms with E-state index in [9.17, 15) is 4.79 Å². The standard InChI is InChI=1S/C17H23N3O/c21-17(16-14-6-1-4-12(14)11-19-16)20-9-3-7-15(20)13-5-2-8-18-10-13/h2,5,8,10,12,14-16,19H,1,3-4,6-7,9,11H2. The van der Waals surface area contributed by atoms with E-state index in [0.717, 1.165) is 31.8 Å². The maximum absolute atomic E-state index is 13.0. The van der Waals surface area contributed by atoms with Crippen LogP contribution in [0.3, 0.4) is 0 Å². The fourth-order valence-corrected chi connectivity index (χ4v) is 4.59. The average molecular weight is 285 g/mol. The van der Waals surface area contributed by atoms with Gasteiger partial charge in [0.2, 0.25) is 5.91 Å². The third-order valence-electron chi connectivity index (χ3n) is 5.62. The highest BCUT2D eigenvalue weighted by atomic mass is 16.2. The summed E-state index contributed by atoms with van der Waals surface area (Å²) in [5, 5.41) is 3.50. The van der Waals surface area contributed by atoms with Crippen molar-refractivity contribution in [3.63, 3.8) is 0 Å². The molecular weight excluding hydrogens is 262 g/mol. The molecule has 21 heavy (non-hydrogen) atoms. The average Bonchev–Trinajstić information content (AvgIpc) is 3.23. The van der Waals surface area contributed by atoms with Crippen molar-refractivity contribution in [3.05, 3.63) is 30.1 Å². The molecule has 3 fully saturated rings. The second-order valence-corrected chi connectivity index (χ2v) is 6.72. The lowest BCUT2D eigenvalue weighted by Gasteiger charge is -2.29. The Hall–Kier alpha value is -1.42. The van der Waals surface area contributed by atoms with Gasteiger partial charge in [0.25, 0.3) is 0 Å². The lowest BCUT2D eigenvalue weighted by molar-refractivity contribution is -0.135. The largest absolute Gasteiger partial charge is 0.334 e. The first-order valence-electron chi connectivity index (χ1n) is 8.28. The van der Waals surface area contributed by atoms with E-state index in [1.807, 2.05) is 12.3 Å². The first kappa shape index (κ1) is 13.3. The van der Waals surface area contributed by atoms with E-state index in [1.165, 1.54) is 24.8 Å². The molecule has 4 rings (SSSR count). The van der Waals surface area contributed by atoms with Gasteiger partial charge in [0.05, 0.1) is 12.1 Å². The summed E-state index contributed by atoms with van der Waals surface area (Å²) in [5.41, 5.74) is 1.18. The van der Waals surface area contributed by atoms with Crippen LogP contribution in [-0.4, -0.2) is 34.9 Å². The predicted molar refractivity (Wildman–Crippen MR) is 80.5 cm³/mol. The lowest BCUT2D eigenvalue weighted by Crippen LogP contribution is -2.46. The van der Waals surface area contributed by atoms with Gasteiger partial charge in [0.15, 0.2) is 0 Å². The van der Waals surface area contributed by atoms with Crippen LogP contribution in [0.1, 0.15) is 43.7 Å². The van der Waals surface area contributed by atoms with E-state index in [0.29, 0.717) is 11.8 Å². The zero-order chi connectivity index (χ0) is 14.2. The normalized spacial score (nSPS) is 35.1. The van der Waals surface area contributed by atoms with Crippen LogP contribution >= 0.6 is 0 Å². The quantitative estimate of drug-likeness (QED) is 0.905. The van der Waals surface area contributed by atoms with Crippen LogP contribution in [0, 0.1) is 11.8 Å². The number of fused-ring (bicyclic) bond motifs is 1. The Kier molecular flexibility index (Phi) is 3.42. The number of nitrogens with one attached hydrogen (secondary N) is 1. The van der Waals surface area contributed by atoms with Crippen molar-refractivity contribution in [1.82, 2.24) is 15.2 Å². The molecule has 0 aromatic carbocycles. The first-order chi connectivity index (χ1) is 10.3. The highest BCUT2D eigenvalue weighted by Crippen LogP contribution is 2.40. The van der Waals surface area contributed by atoms with E-state index in [2.05, 4.69) is 21.3 Å². The van der Waals surface area contributed by atoms with Crippen LogP contribution in [-0.2, 0) is 4.79 Å². The molecule has 1 aromatic heterocycles. The van der Waals surface area contributed by atoms with E-state index in [-0.39, 0.29) is 12.1 Å². The monoisotopic (exact) mass is 285 g/mol. The Morgan fingerprint density at radius 1 is 1.29 bits per heavy atom. The van der Waals surface area contributed by atoms with Crippen molar-refractivity contribution < 1.29 is 4.79 Å². The summed E-state index contributed by atoms with van der Waals surface area (Å²) in [7, 11) is 0. The molecule has 1 aromatic rings. The van der Waals surface area contributed by atoms with Gasteiger partial charge in [-0.15, -0.1) is 0 Å². The van der Waals surface area contributed by atoms with Gasteiger partial charge in [0.1, 0.15) is 0 Å². The van der Waals surface area contributed by atoms with Crippen LogP contribution in [0.15, 0.2) is 24.5 Å². The minimum absolute atomic E-state index is 0.0646. The topological polar surface area (TPSA) is 45.2 Å². The molecular formula is C17H23N3O. The number of likely N-dealkylation sites (tertiary alicyclic amines) is 1. The minimum atomic E-state index is 0.0646. The molecule has 0 spiro atoms. The molecule has 1 aliphatic carbocycles. The van der Waals surface area contributed by atoms with Gasteiger partial charge in [-0.3, -0.25) is 9.78 Å². The second-order valence-electron chi connectivity index (χ2n) is 6.72. The minimum Gasteiger partial charge on any atom is -0.334 e. The lowest BCUT2D eigenvalue weighted by atomic mass is 9.93. The van der Waals surface area contributed by atoms with Crippen LogP contribution < -0.4 is 5.32 Å². The molecule has 2 saturated heterocycles. The van der Waals surface area contributed by atoms with Crippen LogP contribution in [0.5, 0.6) is 0 Å². The van der Waals surface area contributed by atoms with Gasteiger partial charge in [-0.1, -0.05) is 12.5 Å². The SMILES string of the molecule is O=C(C1NCC2CCCC21)N1CCCC1c1cccnc1. The van der Waals surface area contributed by atoms with Crippen molar-refractivity contribution in [3.8, 4) is 0 Å². The summed E-state index contributed by atoms with van der Waals surface area (Å²) >= 11 is 0. The van der Waals surface area contributed by atoms with Gasteiger partial charge in [0, 0.05) is 18.9 Å². The number of hydrogen-bond acceptors (Lipinski definition) is 3. The molecule has 1 saturated carbocycles. The summed E-state index contributed by atoms with van der Waals surface area (Å²) in [6, 6.07) is 4.36. The molecule has 0 bridgehead atoms. The number of amides is 1. The number of pyridine rings is 1.